The molecule has 114 valence electrons. The van der Waals surface area contributed by atoms with Crippen molar-refractivity contribution in [3.05, 3.63) is 30.7 Å². The van der Waals surface area contributed by atoms with Gasteiger partial charge in [-0.2, -0.15) is 0 Å². The first-order valence-corrected chi connectivity index (χ1v) is 8.14. The van der Waals surface area contributed by atoms with Gasteiger partial charge in [0, 0.05) is 38.1 Å². The second kappa shape index (κ2) is 7.14. The minimum Gasteiger partial charge on any atom is -0.370 e. The van der Waals surface area contributed by atoms with Crippen molar-refractivity contribution in [3.63, 3.8) is 0 Å². The number of rotatable bonds is 8. The van der Waals surface area contributed by atoms with E-state index in [-0.39, 0.29) is 4.90 Å². The van der Waals surface area contributed by atoms with Gasteiger partial charge < -0.3 is 5.32 Å². The zero-order valence-corrected chi connectivity index (χ0v) is 12.5. The SMILES string of the molecule is CCNc1cc(S(=O)(=O)NCCCn2ccnn2)ccn1. The molecule has 0 radical (unpaired) electrons. The molecule has 0 aliphatic heterocycles. The van der Waals surface area contributed by atoms with E-state index in [0.29, 0.717) is 31.9 Å². The van der Waals surface area contributed by atoms with Crippen LogP contribution in [0.3, 0.4) is 0 Å². The second-order valence-electron chi connectivity index (χ2n) is 4.32. The molecule has 2 aromatic heterocycles. The molecule has 0 atom stereocenters. The average molecular weight is 310 g/mol. The van der Waals surface area contributed by atoms with Gasteiger partial charge >= 0.3 is 0 Å². The van der Waals surface area contributed by atoms with E-state index >= 15 is 0 Å². The molecule has 0 aromatic carbocycles. The molecule has 0 bridgehead atoms. The van der Waals surface area contributed by atoms with Crippen LogP contribution in [0.15, 0.2) is 35.6 Å². The van der Waals surface area contributed by atoms with Crippen LogP contribution in [0.4, 0.5) is 5.82 Å². The third-order valence-corrected chi connectivity index (χ3v) is 4.19. The van der Waals surface area contributed by atoms with Crippen molar-refractivity contribution >= 4 is 15.8 Å². The Bertz CT molecular complexity index is 656. The van der Waals surface area contributed by atoms with Crippen LogP contribution in [0.2, 0.25) is 0 Å². The lowest BCUT2D eigenvalue weighted by atomic mass is 10.4. The van der Waals surface area contributed by atoms with E-state index in [1.807, 2.05) is 6.92 Å². The van der Waals surface area contributed by atoms with Gasteiger partial charge in [-0.1, -0.05) is 5.21 Å². The monoisotopic (exact) mass is 310 g/mol. The van der Waals surface area contributed by atoms with Gasteiger partial charge in [-0.3, -0.25) is 4.68 Å². The number of sulfonamides is 1. The van der Waals surface area contributed by atoms with Crippen molar-refractivity contribution in [2.24, 2.45) is 0 Å². The predicted octanol–water partition coefficient (Wildman–Crippen LogP) is 0.473. The van der Waals surface area contributed by atoms with Gasteiger partial charge in [0.05, 0.1) is 11.1 Å². The number of nitrogens with zero attached hydrogens (tertiary/aromatic N) is 4. The Balaban J connectivity index is 1.90. The number of aromatic nitrogens is 4. The van der Waals surface area contributed by atoms with Gasteiger partial charge in [0.2, 0.25) is 10.0 Å². The van der Waals surface area contributed by atoms with Gasteiger partial charge in [-0.05, 0) is 19.4 Å². The molecule has 21 heavy (non-hydrogen) atoms. The maximum Gasteiger partial charge on any atom is 0.240 e. The molecule has 2 N–H and O–H groups in total. The maximum atomic E-state index is 12.1. The molecule has 9 heteroatoms. The Labute approximate surface area is 123 Å². The highest BCUT2D eigenvalue weighted by Crippen LogP contribution is 2.12. The van der Waals surface area contributed by atoms with E-state index < -0.39 is 10.0 Å². The molecule has 0 aliphatic rings. The smallest absolute Gasteiger partial charge is 0.240 e. The van der Waals surface area contributed by atoms with E-state index in [1.54, 1.807) is 17.1 Å². The molecule has 2 rings (SSSR count). The summed E-state index contributed by atoms with van der Waals surface area (Å²) in [6.45, 7) is 3.55. The number of nitrogens with one attached hydrogen (secondary N) is 2. The third kappa shape index (κ3) is 4.50. The standard InChI is InChI=1S/C12H18N6O2S/c1-2-13-12-10-11(4-6-14-12)21(19,20)16-5-3-8-18-9-7-15-17-18/h4,6-7,9-10,16H,2-3,5,8H2,1H3,(H,13,14). The highest BCUT2D eigenvalue weighted by molar-refractivity contribution is 7.89. The minimum atomic E-state index is -3.52. The highest BCUT2D eigenvalue weighted by Gasteiger charge is 2.14. The van der Waals surface area contributed by atoms with Crippen molar-refractivity contribution in [2.45, 2.75) is 24.8 Å². The lowest BCUT2D eigenvalue weighted by molar-refractivity contribution is 0.542. The van der Waals surface area contributed by atoms with Crippen molar-refractivity contribution in [3.8, 4) is 0 Å². The van der Waals surface area contributed by atoms with Crippen molar-refractivity contribution in [2.75, 3.05) is 18.4 Å². The summed E-state index contributed by atoms with van der Waals surface area (Å²) in [5.41, 5.74) is 0. The largest absolute Gasteiger partial charge is 0.370 e. The summed E-state index contributed by atoms with van der Waals surface area (Å²) in [6.07, 6.45) is 5.43. The van der Waals surface area contributed by atoms with E-state index in [2.05, 4.69) is 25.3 Å². The minimum absolute atomic E-state index is 0.203. The number of aryl methyl sites for hydroxylation is 1. The summed E-state index contributed by atoms with van der Waals surface area (Å²) in [7, 11) is -3.52. The first kappa shape index (κ1) is 15.4. The molecule has 0 saturated heterocycles. The molecule has 0 unspecified atom stereocenters. The fourth-order valence-corrected chi connectivity index (χ4v) is 2.83. The normalized spacial score (nSPS) is 11.5. The molecule has 0 aliphatic carbocycles. The molecule has 2 heterocycles. The molecular weight excluding hydrogens is 292 g/mol. The zero-order chi connectivity index (χ0) is 15.1. The number of pyridine rings is 1. The number of anilines is 1. The summed E-state index contributed by atoms with van der Waals surface area (Å²) in [5, 5.41) is 10.5. The number of hydrogen-bond acceptors (Lipinski definition) is 6. The van der Waals surface area contributed by atoms with Crippen LogP contribution in [0, 0.1) is 0 Å². The summed E-state index contributed by atoms with van der Waals surface area (Å²) in [4.78, 5) is 4.25. The topological polar surface area (TPSA) is 102 Å². The lowest BCUT2D eigenvalue weighted by Crippen LogP contribution is -2.25. The van der Waals surface area contributed by atoms with Gasteiger partial charge in [0.25, 0.3) is 0 Å². The lowest BCUT2D eigenvalue weighted by Gasteiger charge is -2.08. The molecule has 0 amide bonds. The average Bonchev–Trinajstić information content (AvgIpc) is 2.98. The van der Waals surface area contributed by atoms with E-state index in [1.165, 1.54) is 18.3 Å². The molecule has 0 saturated carbocycles. The fourth-order valence-electron chi connectivity index (χ4n) is 1.74. The number of hydrogen-bond donors (Lipinski definition) is 2. The van der Waals surface area contributed by atoms with Crippen molar-refractivity contribution < 1.29 is 8.42 Å². The molecule has 0 spiro atoms. The Morgan fingerprint density at radius 1 is 1.33 bits per heavy atom. The van der Waals surface area contributed by atoms with Gasteiger partial charge in [0.15, 0.2) is 0 Å². The Hall–Kier alpha value is -2.00. The van der Waals surface area contributed by atoms with Gasteiger partial charge in [-0.25, -0.2) is 18.1 Å². The second-order valence-corrected chi connectivity index (χ2v) is 6.09. The van der Waals surface area contributed by atoms with Crippen LogP contribution in [0.1, 0.15) is 13.3 Å². The summed E-state index contributed by atoms with van der Waals surface area (Å²) in [5.74, 6) is 0.544. The van der Waals surface area contributed by atoms with Gasteiger partial charge in [-0.15, -0.1) is 5.10 Å². The quantitative estimate of drug-likeness (QED) is 0.687. The zero-order valence-electron chi connectivity index (χ0n) is 11.7. The first-order chi connectivity index (χ1) is 10.1. The van der Waals surface area contributed by atoms with Gasteiger partial charge in [0.1, 0.15) is 5.82 Å². The van der Waals surface area contributed by atoms with Crippen molar-refractivity contribution in [1.29, 1.82) is 0 Å². The summed E-state index contributed by atoms with van der Waals surface area (Å²) in [6, 6.07) is 2.99. The molecular formula is C12H18N6O2S. The third-order valence-electron chi connectivity index (χ3n) is 2.73. The van der Waals surface area contributed by atoms with Crippen LogP contribution in [0.5, 0.6) is 0 Å². The Morgan fingerprint density at radius 2 is 2.19 bits per heavy atom. The Morgan fingerprint density at radius 3 is 2.90 bits per heavy atom. The van der Waals surface area contributed by atoms with E-state index in [0.717, 1.165) is 0 Å². The van der Waals surface area contributed by atoms with Crippen LogP contribution in [0.25, 0.3) is 0 Å². The fraction of sp³-hybridized carbons (Fsp3) is 0.417. The van der Waals surface area contributed by atoms with E-state index in [9.17, 15) is 8.42 Å². The van der Waals surface area contributed by atoms with Crippen LogP contribution < -0.4 is 10.0 Å². The molecule has 0 fully saturated rings. The predicted molar refractivity (Wildman–Crippen MR) is 78.2 cm³/mol. The van der Waals surface area contributed by atoms with Crippen LogP contribution in [-0.2, 0) is 16.6 Å². The van der Waals surface area contributed by atoms with Crippen LogP contribution in [-0.4, -0.2) is 41.5 Å². The van der Waals surface area contributed by atoms with Crippen LogP contribution >= 0.6 is 0 Å². The molecule has 2 aromatic rings. The van der Waals surface area contributed by atoms with Crippen molar-refractivity contribution in [1.82, 2.24) is 24.7 Å². The summed E-state index contributed by atoms with van der Waals surface area (Å²) < 4.78 is 28.5. The highest BCUT2D eigenvalue weighted by atomic mass is 32.2. The summed E-state index contributed by atoms with van der Waals surface area (Å²) >= 11 is 0. The van der Waals surface area contributed by atoms with E-state index in [4.69, 9.17) is 0 Å². The first-order valence-electron chi connectivity index (χ1n) is 6.65. The Kier molecular flexibility index (Phi) is 5.23. The molecule has 8 nitrogen and oxygen atoms in total. The maximum absolute atomic E-state index is 12.1.